The first kappa shape index (κ1) is 10.1. The van der Waals surface area contributed by atoms with Gasteiger partial charge in [-0.05, 0) is 18.5 Å². The van der Waals surface area contributed by atoms with Gasteiger partial charge < -0.3 is 5.73 Å². The zero-order chi connectivity index (χ0) is 9.84. The Labute approximate surface area is 84.0 Å². The average molecular weight is 245 g/mol. The van der Waals surface area contributed by atoms with Gasteiger partial charge in [0.05, 0.1) is 4.92 Å². The summed E-state index contributed by atoms with van der Waals surface area (Å²) in [7, 11) is 0. The van der Waals surface area contributed by atoms with Crippen LogP contribution < -0.4 is 5.73 Å². The Kier molecular flexibility index (Phi) is 3.39. The van der Waals surface area contributed by atoms with Gasteiger partial charge in [0.2, 0.25) is 0 Å². The van der Waals surface area contributed by atoms with E-state index >= 15 is 0 Å². The Hall–Kier alpha value is -0.940. The van der Waals surface area contributed by atoms with Crippen molar-refractivity contribution in [2.45, 2.75) is 6.42 Å². The van der Waals surface area contributed by atoms with Gasteiger partial charge in [-0.25, -0.2) is 0 Å². The molecular weight excluding hydrogens is 236 g/mol. The summed E-state index contributed by atoms with van der Waals surface area (Å²) in [4.78, 5) is 9.96. The fourth-order valence-electron chi connectivity index (χ4n) is 1.01. The molecule has 2 N–H and O–H groups in total. The second kappa shape index (κ2) is 4.34. The summed E-state index contributed by atoms with van der Waals surface area (Å²) >= 11 is 3.26. The van der Waals surface area contributed by atoms with E-state index in [4.69, 9.17) is 5.73 Å². The van der Waals surface area contributed by atoms with Gasteiger partial charge in [0.15, 0.2) is 0 Å². The second-order valence-corrected chi connectivity index (χ2v) is 3.43. The molecular formula is C8H9BrN2O2. The van der Waals surface area contributed by atoms with Crippen LogP contribution in [-0.4, -0.2) is 11.5 Å². The van der Waals surface area contributed by atoms with Crippen molar-refractivity contribution in [2.75, 3.05) is 6.54 Å². The first-order chi connectivity index (χ1) is 6.15. The maximum absolute atomic E-state index is 10.4. The SMILES string of the molecule is NCCc1ccc([N+](=O)[O-])cc1Br. The van der Waals surface area contributed by atoms with Crippen LogP contribution in [0.2, 0.25) is 0 Å². The highest BCUT2D eigenvalue weighted by molar-refractivity contribution is 9.10. The molecule has 1 aromatic carbocycles. The number of hydrogen-bond donors (Lipinski definition) is 1. The molecule has 13 heavy (non-hydrogen) atoms. The van der Waals surface area contributed by atoms with Crippen LogP contribution in [0.1, 0.15) is 5.56 Å². The van der Waals surface area contributed by atoms with Crippen molar-refractivity contribution in [2.24, 2.45) is 5.73 Å². The minimum absolute atomic E-state index is 0.0904. The monoisotopic (exact) mass is 244 g/mol. The summed E-state index contributed by atoms with van der Waals surface area (Å²) in [6.07, 6.45) is 0.721. The Morgan fingerprint density at radius 1 is 1.54 bits per heavy atom. The zero-order valence-corrected chi connectivity index (χ0v) is 8.45. The number of benzene rings is 1. The lowest BCUT2D eigenvalue weighted by molar-refractivity contribution is -0.384. The molecule has 4 nitrogen and oxygen atoms in total. The van der Waals surface area contributed by atoms with Crippen molar-refractivity contribution in [3.8, 4) is 0 Å². The van der Waals surface area contributed by atoms with Crippen molar-refractivity contribution < 1.29 is 4.92 Å². The number of nitrogens with zero attached hydrogens (tertiary/aromatic N) is 1. The molecule has 0 bridgehead atoms. The molecule has 0 amide bonds. The lowest BCUT2D eigenvalue weighted by Crippen LogP contribution is -2.03. The van der Waals surface area contributed by atoms with Crippen molar-refractivity contribution in [1.82, 2.24) is 0 Å². The van der Waals surface area contributed by atoms with E-state index in [9.17, 15) is 10.1 Å². The number of nitrogens with two attached hydrogens (primary N) is 1. The third-order valence-corrected chi connectivity index (χ3v) is 2.40. The quantitative estimate of drug-likeness (QED) is 0.652. The molecule has 0 atom stereocenters. The zero-order valence-electron chi connectivity index (χ0n) is 6.87. The maximum atomic E-state index is 10.4. The molecule has 0 aliphatic carbocycles. The Balaban J connectivity index is 2.98. The number of nitro benzene ring substituents is 1. The highest BCUT2D eigenvalue weighted by atomic mass is 79.9. The molecule has 0 aromatic heterocycles. The molecule has 0 radical (unpaired) electrons. The van der Waals surface area contributed by atoms with Crippen molar-refractivity contribution in [3.05, 3.63) is 38.3 Å². The van der Waals surface area contributed by atoms with Crippen LogP contribution in [0.3, 0.4) is 0 Å². The Bertz CT molecular complexity index is 328. The molecule has 0 aliphatic rings. The molecule has 0 spiro atoms. The molecule has 0 saturated heterocycles. The molecule has 0 heterocycles. The van der Waals surface area contributed by atoms with E-state index in [1.807, 2.05) is 0 Å². The van der Waals surface area contributed by atoms with Gasteiger partial charge in [-0.3, -0.25) is 10.1 Å². The molecule has 0 fully saturated rings. The van der Waals surface area contributed by atoms with Gasteiger partial charge in [0, 0.05) is 16.6 Å². The second-order valence-electron chi connectivity index (χ2n) is 2.57. The highest BCUT2D eigenvalue weighted by Gasteiger charge is 2.07. The topological polar surface area (TPSA) is 69.2 Å². The number of halogens is 1. The average Bonchev–Trinajstić information content (AvgIpc) is 2.08. The van der Waals surface area contributed by atoms with Crippen LogP contribution in [0.5, 0.6) is 0 Å². The molecule has 0 saturated carbocycles. The van der Waals surface area contributed by atoms with E-state index in [-0.39, 0.29) is 5.69 Å². The van der Waals surface area contributed by atoms with Crippen molar-refractivity contribution in [3.63, 3.8) is 0 Å². The van der Waals surface area contributed by atoms with E-state index in [1.165, 1.54) is 12.1 Å². The number of rotatable bonds is 3. The van der Waals surface area contributed by atoms with Gasteiger partial charge >= 0.3 is 0 Å². The summed E-state index contributed by atoms with van der Waals surface area (Å²) in [5.41, 5.74) is 6.46. The molecule has 70 valence electrons. The van der Waals surface area contributed by atoms with E-state index in [1.54, 1.807) is 6.07 Å². The van der Waals surface area contributed by atoms with E-state index in [0.717, 1.165) is 16.5 Å². The Morgan fingerprint density at radius 3 is 2.69 bits per heavy atom. The van der Waals surface area contributed by atoms with Gasteiger partial charge in [-0.2, -0.15) is 0 Å². The number of nitro groups is 1. The molecule has 0 unspecified atom stereocenters. The number of non-ortho nitro benzene ring substituents is 1. The van der Waals surface area contributed by atoms with Crippen LogP contribution in [0.25, 0.3) is 0 Å². The van der Waals surface area contributed by atoms with Crippen LogP contribution in [0, 0.1) is 10.1 Å². The molecule has 5 heteroatoms. The van der Waals surface area contributed by atoms with Gasteiger partial charge in [-0.15, -0.1) is 0 Å². The highest BCUT2D eigenvalue weighted by Crippen LogP contribution is 2.22. The third kappa shape index (κ3) is 2.50. The van der Waals surface area contributed by atoms with Crippen LogP contribution >= 0.6 is 15.9 Å². The van der Waals surface area contributed by atoms with E-state index in [0.29, 0.717) is 6.54 Å². The molecule has 1 rings (SSSR count). The minimum Gasteiger partial charge on any atom is -0.330 e. The summed E-state index contributed by atoms with van der Waals surface area (Å²) in [6.45, 7) is 0.538. The minimum atomic E-state index is -0.420. The van der Waals surface area contributed by atoms with Gasteiger partial charge in [0.1, 0.15) is 0 Å². The predicted octanol–water partition coefficient (Wildman–Crippen LogP) is 1.86. The van der Waals surface area contributed by atoms with Crippen LogP contribution in [0.4, 0.5) is 5.69 Å². The molecule has 1 aromatic rings. The van der Waals surface area contributed by atoms with Gasteiger partial charge in [0.25, 0.3) is 5.69 Å². The van der Waals surface area contributed by atoms with Crippen molar-refractivity contribution in [1.29, 1.82) is 0 Å². The van der Waals surface area contributed by atoms with Gasteiger partial charge in [-0.1, -0.05) is 22.0 Å². The molecule has 0 aliphatic heterocycles. The third-order valence-electron chi connectivity index (χ3n) is 1.66. The lowest BCUT2D eigenvalue weighted by atomic mass is 10.1. The smallest absolute Gasteiger partial charge is 0.270 e. The lowest BCUT2D eigenvalue weighted by Gasteiger charge is -2.01. The predicted molar refractivity (Wildman–Crippen MR) is 53.6 cm³/mol. The fourth-order valence-corrected chi connectivity index (χ4v) is 1.57. The van der Waals surface area contributed by atoms with Crippen molar-refractivity contribution >= 4 is 21.6 Å². The van der Waals surface area contributed by atoms with E-state index in [2.05, 4.69) is 15.9 Å². The maximum Gasteiger partial charge on any atom is 0.270 e. The normalized spacial score (nSPS) is 10.0. The van der Waals surface area contributed by atoms with Crippen LogP contribution in [0.15, 0.2) is 22.7 Å². The Morgan fingerprint density at radius 2 is 2.23 bits per heavy atom. The number of hydrogen-bond acceptors (Lipinski definition) is 3. The largest absolute Gasteiger partial charge is 0.330 e. The standard InChI is InChI=1S/C8H9BrN2O2/c9-8-5-7(11(12)13)2-1-6(8)3-4-10/h1-2,5H,3-4,10H2. The van der Waals surface area contributed by atoms with E-state index < -0.39 is 4.92 Å². The fraction of sp³-hybridized carbons (Fsp3) is 0.250. The summed E-state index contributed by atoms with van der Waals surface area (Å²) in [6, 6.07) is 4.69. The van der Waals surface area contributed by atoms with Crippen LogP contribution in [-0.2, 0) is 6.42 Å². The first-order valence-corrected chi connectivity index (χ1v) is 4.57. The summed E-state index contributed by atoms with van der Waals surface area (Å²) in [5.74, 6) is 0. The summed E-state index contributed by atoms with van der Waals surface area (Å²) in [5, 5.41) is 10.4. The summed E-state index contributed by atoms with van der Waals surface area (Å²) < 4.78 is 0.743. The first-order valence-electron chi connectivity index (χ1n) is 3.78.